The van der Waals surface area contributed by atoms with Crippen molar-refractivity contribution in [2.24, 2.45) is 0 Å². The number of aryl methyl sites for hydroxylation is 1. The van der Waals surface area contributed by atoms with Crippen molar-refractivity contribution in [2.75, 3.05) is 12.4 Å². The molecule has 0 unspecified atom stereocenters. The Morgan fingerprint density at radius 3 is 2.47 bits per heavy atom. The van der Waals surface area contributed by atoms with Gasteiger partial charge in [0.05, 0.1) is 12.8 Å². The lowest BCUT2D eigenvalue weighted by Gasteiger charge is -2.20. The standard InChI is InChI=1S/C13H19NO3/c1-9-6-7-11(16-5)10(8-9)14-12(15)17-13(2,3)4/h6-8H,1-5H3,(H,14,15). The van der Waals surface area contributed by atoms with E-state index in [1.165, 1.54) is 0 Å². The van der Waals surface area contributed by atoms with E-state index in [0.717, 1.165) is 5.56 Å². The average molecular weight is 237 g/mol. The highest BCUT2D eigenvalue weighted by atomic mass is 16.6. The number of carbonyl (C=O) groups excluding carboxylic acids is 1. The summed E-state index contributed by atoms with van der Waals surface area (Å²) in [5.74, 6) is 0.612. The number of nitrogens with one attached hydrogen (secondary N) is 1. The van der Waals surface area contributed by atoms with Crippen molar-refractivity contribution < 1.29 is 14.3 Å². The predicted octanol–water partition coefficient (Wildman–Crippen LogP) is 3.35. The minimum absolute atomic E-state index is 0.485. The highest BCUT2D eigenvalue weighted by Crippen LogP contribution is 2.25. The first-order chi connectivity index (χ1) is 7.81. The first kappa shape index (κ1) is 13.4. The molecule has 0 aromatic heterocycles. The maximum Gasteiger partial charge on any atom is 0.412 e. The Hall–Kier alpha value is -1.71. The Balaban J connectivity index is 2.80. The molecule has 0 saturated heterocycles. The Kier molecular flexibility index (Phi) is 3.99. The molecule has 0 spiro atoms. The molecule has 0 aliphatic carbocycles. The van der Waals surface area contributed by atoms with Gasteiger partial charge >= 0.3 is 6.09 Å². The van der Waals surface area contributed by atoms with Gasteiger partial charge in [-0.25, -0.2) is 4.79 Å². The van der Waals surface area contributed by atoms with E-state index < -0.39 is 11.7 Å². The van der Waals surface area contributed by atoms with Gasteiger partial charge in [0.2, 0.25) is 0 Å². The van der Waals surface area contributed by atoms with Crippen LogP contribution in [0.2, 0.25) is 0 Å². The van der Waals surface area contributed by atoms with Crippen LogP contribution in [0.3, 0.4) is 0 Å². The van der Waals surface area contributed by atoms with Gasteiger partial charge in [-0.3, -0.25) is 5.32 Å². The molecule has 1 N–H and O–H groups in total. The second-order valence-electron chi connectivity index (χ2n) is 4.83. The number of ether oxygens (including phenoxy) is 2. The summed E-state index contributed by atoms with van der Waals surface area (Å²) in [7, 11) is 1.56. The maximum absolute atomic E-state index is 11.6. The summed E-state index contributed by atoms with van der Waals surface area (Å²) in [6.07, 6.45) is -0.485. The molecule has 0 aliphatic rings. The van der Waals surface area contributed by atoms with Crippen LogP contribution in [0.1, 0.15) is 26.3 Å². The molecule has 0 fully saturated rings. The van der Waals surface area contributed by atoms with E-state index >= 15 is 0 Å². The Morgan fingerprint density at radius 2 is 1.94 bits per heavy atom. The smallest absolute Gasteiger partial charge is 0.412 e. The van der Waals surface area contributed by atoms with Crippen LogP contribution < -0.4 is 10.1 Å². The second-order valence-corrected chi connectivity index (χ2v) is 4.83. The fourth-order valence-corrected chi connectivity index (χ4v) is 1.33. The van der Waals surface area contributed by atoms with Gasteiger partial charge in [-0.1, -0.05) is 6.07 Å². The zero-order chi connectivity index (χ0) is 13.1. The number of rotatable bonds is 2. The van der Waals surface area contributed by atoms with Crippen molar-refractivity contribution >= 4 is 11.8 Å². The molecule has 0 radical (unpaired) electrons. The van der Waals surface area contributed by atoms with E-state index in [1.54, 1.807) is 7.11 Å². The summed E-state index contributed by atoms with van der Waals surface area (Å²) in [5, 5.41) is 2.67. The number of methoxy groups -OCH3 is 1. The number of benzene rings is 1. The Labute approximate surface area is 102 Å². The van der Waals surface area contributed by atoms with Crippen LogP contribution >= 0.6 is 0 Å². The van der Waals surface area contributed by atoms with E-state index in [1.807, 2.05) is 45.9 Å². The molecule has 0 bridgehead atoms. The molecule has 94 valence electrons. The van der Waals surface area contributed by atoms with E-state index in [-0.39, 0.29) is 0 Å². The van der Waals surface area contributed by atoms with Crippen LogP contribution in [0, 0.1) is 6.92 Å². The summed E-state index contributed by atoms with van der Waals surface area (Å²) in [4.78, 5) is 11.6. The van der Waals surface area contributed by atoms with Gasteiger partial charge in [0.25, 0.3) is 0 Å². The lowest BCUT2D eigenvalue weighted by molar-refractivity contribution is 0.0635. The van der Waals surface area contributed by atoms with E-state index in [2.05, 4.69) is 5.32 Å². The summed E-state index contributed by atoms with van der Waals surface area (Å²) in [6, 6.07) is 5.56. The largest absolute Gasteiger partial charge is 0.495 e. The van der Waals surface area contributed by atoms with Gasteiger partial charge in [-0.05, 0) is 45.4 Å². The highest BCUT2D eigenvalue weighted by molar-refractivity contribution is 5.87. The number of amides is 1. The predicted molar refractivity (Wildman–Crippen MR) is 67.6 cm³/mol. The van der Waals surface area contributed by atoms with Crippen molar-refractivity contribution in [1.29, 1.82) is 0 Å². The van der Waals surface area contributed by atoms with Crippen LogP contribution in [0.15, 0.2) is 18.2 Å². The first-order valence-electron chi connectivity index (χ1n) is 5.46. The quantitative estimate of drug-likeness (QED) is 0.858. The molecule has 4 nitrogen and oxygen atoms in total. The summed E-state index contributed by atoms with van der Waals surface area (Å²) < 4.78 is 10.3. The molecule has 0 saturated carbocycles. The molecule has 4 heteroatoms. The number of hydrogen-bond acceptors (Lipinski definition) is 3. The van der Waals surface area contributed by atoms with E-state index in [9.17, 15) is 4.79 Å². The van der Waals surface area contributed by atoms with Gasteiger partial charge in [0.1, 0.15) is 11.4 Å². The second kappa shape index (κ2) is 5.08. The summed E-state index contributed by atoms with van der Waals surface area (Å²) in [6.45, 7) is 7.40. The van der Waals surface area contributed by atoms with Crippen molar-refractivity contribution in [1.82, 2.24) is 0 Å². The zero-order valence-electron chi connectivity index (χ0n) is 11.0. The molecule has 0 heterocycles. The monoisotopic (exact) mass is 237 g/mol. The molecule has 0 atom stereocenters. The molecule has 1 aromatic carbocycles. The minimum atomic E-state index is -0.513. The van der Waals surface area contributed by atoms with Crippen molar-refractivity contribution in [3.63, 3.8) is 0 Å². The first-order valence-corrected chi connectivity index (χ1v) is 5.46. The van der Waals surface area contributed by atoms with Gasteiger partial charge in [0.15, 0.2) is 0 Å². The average Bonchev–Trinajstić information content (AvgIpc) is 2.14. The van der Waals surface area contributed by atoms with Crippen LogP contribution in [0.25, 0.3) is 0 Å². The van der Waals surface area contributed by atoms with Crippen LogP contribution in [-0.2, 0) is 4.74 Å². The molecule has 1 amide bonds. The Bertz CT molecular complexity index is 408. The Morgan fingerprint density at radius 1 is 1.29 bits per heavy atom. The fraction of sp³-hybridized carbons (Fsp3) is 0.462. The van der Waals surface area contributed by atoms with Crippen molar-refractivity contribution in [3.8, 4) is 5.75 Å². The highest BCUT2D eigenvalue weighted by Gasteiger charge is 2.17. The summed E-state index contributed by atoms with van der Waals surface area (Å²) >= 11 is 0. The molecule has 17 heavy (non-hydrogen) atoms. The van der Waals surface area contributed by atoms with Crippen LogP contribution in [0.4, 0.5) is 10.5 Å². The minimum Gasteiger partial charge on any atom is -0.495 e. The SMILES string of the molecule is COc1ccc(C)cc1NC(=O)OC(C)(C)C. The normalized spacial score (nSPS) is 10.9. The van der Waals surface area contributed by atoms with Gasteiger partial charge in [0, 0.05) is 0 Å². The lowest BCUT2D eigenvalue weighted by Crippen LogP contribution is -2.27. The van der Waals surface area contributed by atoms with E-state index in [0.29, 0.717) is 11.4 Å². The molecule has 1 aromatic rings. The molecule has 0 aliphatic heterocycles. The van der Waals surface area contributed by atoms with Crippen LogP contribution in [0.5, 0.6) is 5.75 Å². The number of hydrogen-bond donors (Lipinski definition) is 1. The lowest BCUT2D eigenvalue weighted by atomic mass is 10.2. The number of carbonyl (C=O) groups is 1. The molecular formula is C13H19NO3. The van der Waals surface area contributed by atoms with Gasteiger partial charge in [-0.2, -0.15) is 0 Å². The fourth-order valence-electron chi connectivity index (χ4n) is 1.33. The van der Waals surface area contributed by atoms with E-state index in [4.69, 9.17) is 9.47 Å². The third kappa shape index (κ3) is 4.34. The third-order valence-corrected chi connectivity index (χ3v) is 1.99. The molecular weight excluding hydrogens is 218 g/mol. The van der Waals surface area contributed by atoms with Crippen LogP contribution in [-0.4, -0.2) is 18.8 Å². The van der Waals surface area contributed by atoms with Crippen molar-refractivity contribution in [3.05, 3.63) is 23.8 Å². The topological polar surface area (TPSA) is 47.6 Å². The number of anilines is 1. The van der Waals surface area contributed by atoms with Gasteiger partial charge < -0.3 is 9.47 Å². The maximum atomic E-state index is 11.6. The zero-order valence-corrected chi connectivity index (χ0v) is 11.0. The summed E-state index contributed by atoms with van der Waals surface area (Å²) in [5.41, 5.74) is 1.14. The third-order valence-electron chi connectivity index (χ3n) is 1.99. The molecule has 1 rings (SSSR count). The van der Waals surface area contributed by atoms with Gasteiger partial charge in [-0.15, -0.1) is 0 Å². The van der Waals surface area contributed by atoms with Crippen molar-refractivity contribution in [2.45, 2.75) is 33.3 Å².